The highest BCUT2D eigenvalue weighted by Gasteiger charge is 2.25. The lowest BCUT2D eigenvalue weighted by Gasteiger charge is -2.15. The van der Waals surface area contributed by atoms with Crippen LogP contribution in [0.2, 0.25) is 0 Å². The van der Waals surface area contributed by atoms with Crippen LogP contribution in [0.15, 0.2) is 34.4 Å². The Morgan fingerprint density at radius 2 is 2.21 bits per heavy atom. The molecule has 98 valence electrons. The first-order valence-electron chi connectivity index (χ1n) is 5.10. The zero-order valence-electron chi connectivity index (χ0n) is 9.25. The van der Waals surface area contributed by atoms with Gasteiger partial charge >= 0.3 is 6.16 Å². The highest BCUT2D eigenvalue weighted by molar-refractivity contribution is 7.97. The van der Waals surface area contributed by atoms with Crippen LogP contribution in [0.3, 0.4) is 0 Å². The lowest BCUT2D eigenvalue weighted by Crippen LogP contribution is -2.16. The van der Waals surface area contributed by atoms with Crippen LogP contribution in [0, 0.1) is 0 Å². The molecule has 3 rings (SSSR count). The Bertz CT molecular complexity index is 660. The van der Waals surface area contributed by atoms with Gasteiger partial charge in [0.05, 0.1) is 9.77 Å². The maximum absolute atomic E-state index is 10.5. The van der Waals surface area contributed by atoms with Crippen molar-refractivity contribution in [2.45, 2.75) is 4.90 Å². The summed E-state index contributed by atoms with van der Waals surface area (Å²) >= 11 is 4.23. The summed E-state index contributed by atoms with van der Waals surface area (Å²) in [5.74, 6) is -0.325. The van der Waals surface area contributed by atoms with E-state index in [4.69, 9.17) is 5.11 Å². The highest BCUT2D eigenvalue weighted by atomic mass is 32.2. The second kappa shape index (κ2) is 4.80. The fourth-order valence-corrected chi connectivity index (χ4v) is 4.42. The molecule has 0 aromatic carbocycles. The molecule has 0 radical (unpaired) electrons. The molecule has 0 spiro atoms. The average Bonchev–Trinajstić information content (AvgIpc) is 3.00. The van der Waals surface area contributed by atoms with E-state index in [1.54, 1.807) is 11.3 Å². The zero-order valence-corrected chi connectivity index (χ0v) is 11.7. The van der Waals surface area contributed by atoms with Crippen molar-refractivity contribution in [3.8, 4) is 9.75 Å². The quantitative estimate of drug-likeness (QED) is 0.575. The maximum atomic E-state index is 10.5. The molecule has 0 aliphatic carbocycles. The third-order valence-electron chi connectivity index (χ3n) is 2.34. The summed E-state index contributed by atoms with van der Waals surface area (Å²) in [5.41, 5.74) is 0. The van der Waals surface area contributed by atoms with Crippen molar-refractivity contribution in [1.29, 1.82) is 0 Å². The summed E-state index contributed by atoms with van der Waals surface area (Å²) in [7, 11) is 0. The van der Waals surface area contributed by atoms with E-state index in [1.165, 1.54) is 23.3 Å². The topological polar surface area (TPSA) is 78.8 Å². The molecule has 1 aliphatic heterocycles. The first kappa shape index (κ1) is 12.4. The number of aliphatic hydroxyl groups excluding tert-OH is 1. The lowest BCUT2D eigenvalue weighted by molar-refractivity contribution is 0.115. The fourth-order valence-electron chi connectivity index (χ4n) is 1.56. The molecule has 1 aliphatic rings. The number of nitrogens with one attached hydrogen (secondary N) is 1. The molecule has 0 fully saturated rings. The van der Waals surface area contributed by atoms with Gasteiger partial charge in [0.1, 0.15) is 0 Å². The third kappa shape index (κ3) is 2.29. The summed E-state index contributed by atoms with van der Waals surface area (Å²) in [4.78, 5) is 14.1. The van der Waals surface area contributed by atoms with Gasteiger partial charge in [-0.05, 0) is 29.5 Å². The van der Waals surface area contributed by atoms with Gasteiger partial charge in [0.2, 0.25) is 0 Å². The van der Waals surface area contributed by atoms with E-state index >= 15 is 0 Å². The smallest absolute Gasteiger partial charge is 0.502 e. The lowest BCUT2D eigenvalue weighted by atomic mass is 10.3. The number of carbonyl (C=O) groups is 1. The van der Waals surface area contributed by atoms with Gasteiger partial charge in [-0.25, -0.2) is 4.79 Å². The summed E-state index contributed by atoms with van der Waals surface area (Å²) in [6, 6.07) is 5.91. The number of hydrogen-bond acceptors (Lipinski definition) is 7. The molecule has 0 amide bonds. The summed E-state index contributed by atoms with van der Waals surface area (Å²) in [6.07, 6.45) is -1.46. The van der Waals surface area contributed by atoms with E-state index < -0.39 is 6.16 Å². The predicted molar refractivity (Wildman–Crippen MR) is 75.3 cm³/mol. The standard InChI is InChI=1S/C11H7NO4S3/c13-8-9-7(19-12-10(8)16-11(14)15)4-6(18-9)5-2-1-3-17-5/h1-4,12-13H,(H,14,15). The molecule has 19 heavy (non-hydrogen) atoms. The number of ether oxygens (including phenoxy) is 1. The molecule has 3 heterocycles. The van der Waals surface area contributed by atoms with Crippen molar-refractivity contribution in [2.24, 2.45) is 0 Å². The largest absolute Gasteiger partial charge is 0.512 e. The molecular formula is C11H7NO4S3. The number of hydrogen-bond donors (Lipinski definition) is 3. The minimum atomic E-state index is -1.46. The van der Waals surface area contributed by atoms with Crippen LogP contribution in [0.4, 0.5) is 4.79 Å². The fraction of sp³-hybridized carbons (Fsp3) is 0. The Morgan fingerprint density at radius 3 is 2.89 bits per heavy atom. The van der Waals surface area contributed by atoms with E-state index in [-0.39, 0.29) is 11.6 Å². The second-order valence-electron chi connectivity index (χ2n) is 3.53. The number of fused-ring (bicyclic) bond motifs is 1. The van der Waals surface area contributed by atoms with Gasteiger partial charge in [0.25, 0.3) is 5.88 Å². The monoisotopic (exact) mass is 313 g/mol. The molecule has 8 heteroatoms. The Kier molecular flexibility index (Phi) is 3.13. The van der Waals surface area contributed by atoms with Crippen LogP contribution in [-0.2, 0) is 4.74 Å². The molecule has 2 aromatic heterocycles. The Hall–Kier alpha value is -1.64. The molecule has 0 bridgehead atoms. The van der Waals surface area contributed by atoms with Crippen molar-refractivity contribution >= 4 is 46.5 Å². The number of thiophene rings is 2. The maximum Gasteiger partial charge on any atom is 0.512 e. The zero-order chi connectivity index (χ0) is 13.4. The van der Waals surface area contributed by atoms with Crippen molar-refractivity contribution in [3.05, 3.63) is 34.3 Å². The van der Waals surface area contributed by atoms with E-state index in [0.717, 1.165) is 14.6 Å². The molecule has 0 saturated heterocycles. The van der Waals surface area contributed by atoms with Gasteiger partial charge in [-0.1, -0.05) is 6.07 Å². The molecular weight excluding hydrogens is 306 g/mol. The summed E-state index contributed by atoms with van der Waals surface area (Å²) in [5, 5.41) is 20.6. The van der Waals surface area contributed by atoms with Crippen LogP contribution in [0.1, 0.15) is 4.88 Å². The normalized spacial score (nSPS) is 13.9. The molecule has 0 unspecified atom stereocenters. The van der Waals surface area contributed by atoms with Crippen LogP contribution in [0.5, 0.6) is 0 Å². The van der Waals surface area contributed by atoms with Gasteiger partial charge in [-0.15, -0.1) is 22.7 Å². The van der Waals surface area contributed by atoms with Crippen molar-refractivity contribution < 1.29 is 19.7 Å². The Morgan fingerprint density at radius 1 is 1.37 bits per heavy atom. The second-order valence-corrected chi connectivity index (χ2v) is 6.38. The van der Waals surface area contributed by atoms with Crippen LogP contribution >= 0.6 is 34.6 Å². The van der Waals surface area contributed by atoms with Crippen LogP contribution in [0.25, 0.3) is 15.5 Å². The molecule has 2 aromatic rings. The predicted octanol–water partition coefficient (Wildman–Crippen LogP) is 3.97. The number of aliphatic hydroxyl groups is 1. The van der Waals surface area contributed by atoms with Gasteiger partial charge in [0, 0.05) is 9.75 Å². The first-order valence-corrected chi connectivity index (χ1v) is 7.61. The highest BCUT2D eigenvalue weighted by Crippen LogP contribution is 2.43. The van der Waals surface area contributed by atoms with Gasteiger partial charge in [-0.3, -0.25) is 4.72 Å². The average molecular weight is 313 g/mol. The SMILES string of the molecule is O=C(O)OC1=C(O)c2sc(-c3cccs3)cc2SN1. The Balaban J connectivity index is 2.00. The van der Waals surface area contributed by atoms with Crippen LogP contribution in [-0.4, -0.2) is 16.4 Å². The van der Waals surface area contributed by atoms with Crippen LogP contribution < -0.4 is 4.72 Å². The summed E-state index contributed by atoms with van der Waals surface area (Å²) in [6.45, 7) is 0. The minimum absolute atomic E-state index is 0.149. The number of rotatable bonds is 2. The molecule has 0 atom stereocenters. The van der Waals surface area contributed by atoms with Gasteiger partial charge in [-0.2, -0.15) is 0 Å². The van der Waals surface area contributed by atoms with E-state index in [0.29, 0.717) is 4.88 Å². The minimum Gasteiger partial charge on any atom is -0.502 e. The van der Waals surface area contributed by atoms with Crippen molar-refractivity contribution in [1.82, 2.24) is 4.72 Å². The Labute approximate surface area is 120 Å². The third-order valence-corrected chi connectivity index (χ3v) is 5.50. The van der Waals surface area contributed by atoms with Crippen molar-refractivity contribution in [2.75, 3.05) is 0 Å². The molecule has 0 saturated carbocycles. The van der Waals surface area contributed by atoms with Crippen molar-refractivity contribution in [3.63, 3.8) is 0 Å². The first-order chi connectivity index (χ1) is 9.15. The van der Waals surface area contributed by atoms with E-state index in [1.807, 2.05) is 23.6 Å². The molecule has 3 N–H and O–H groups in total. The van der Waals surface area contributed by atoms with Gasteiger partial charge in [0.15, 0.2) is 5.76 Å². The number of carboxylic acid groups (broad SMARTS) is 1. The summed E-state index contributed by atoms with van der Waals surface area (Å²) < 4.78 is 7.15. The van der Waals surface area contributed by atoms with Gasteiger partial charge < -0.3 is 14.9 Å². The van der Waals surface area contributed by atoms with E-state index in [9.17, 15) is 9.90 Å². The van der Waals surface area contributed by atoms with E-state index in [2.05, 4.69) is 9.46 Å². The molecule has 5 nitrogen and oxygen atoms in total.